The Bertz CT molecular complexity index is 668. The van der Waals surface area contributed by atoms with Crippen molar-refractivity contribution in [2.24, 2.45) is 5.92 Å². The van der Waals surface area contributed by atoms with Crippen molar-refractivity contribution in [3.63, 3.8) is 0 Å². The number of aryl methyl sites for hydroxylation is 1. The third kappa shape index (κ3) is 6.42. The van der Waals surface area contributed by atoms with Crippen LogP contribution in [0.4, 0.5) is 0 Å². The summed E-state index contributed by atoms with van der Waals surface area (Å²) in [5.41, 5.74) is 1.29. The van der Waals surface area contributed by atoms with Crippen LogP contribution < -0.4 is 5.32 Å². The number of halogens is 1. The Kier molecular flexibility index (Phi) is 8.63. The summed E-state index contributed by atoms with van der Waals surface area (Å²) in [6, 6.07) is 14.8. The lowest BCUT2D eigenvalue weighted by atomic mass is 10.0. The minimum absolute atomic E-state index is 0. The van der Waals surface area contributed by atoms with Crippen molar-refractivity contribution in [3.8, 4) is 0 Å². The van der Waals surface area contributed by atoms with Crippen LogP contribution in [0.1, 0.15) is 34.6 Å². The van der Waals surface area contributed by atoms with Crippen LogP contribution in [0.25, 0.3) is 0 Å². The zero-order valence-corrected chi connectivity index (χ0v) is 17.1. The van der Waals surface area contributed by atoms with Gasteiger partial charge in [0.1, 0.15) is 0 Å². The molecule has 0 saturated carbocycles. The lowest BCUT2D eigenvalue weighted by Gasteiger charge is -2.23. The highest BCUT2D eigenvalue weighted by molar-refractivity contribution is 7.11. The number of nitrogens with one attached hydrogen (secondary N) is 1. The van der Waals surface area contributed by atoms with Crippen molar-refractivity contribution in [3.05, 3.63) is 57.8 Å². The van der Waals surface area contributed by atoms with Crippen LogP contribution in [0.2, 0.25) is 0 Å². The Labute approximate surface area is 167 Å². The molecule has 0 spiro atoms. The molecule has 0 bridgehead atoms. The SMILES string of the molecule is Cc1ccc(CN(CCc2ccccc2)C(=O)CCC2CCNC2)s1.Cl. The van der Waals surface area contributed by atoms with Gasteiger partial charge in [-0.2, -0.15) is 0 Å². The van der Waals surface area contributed by atoms with E-state index in [0.717, 1.165) is 39.0 Å². The first-order valence-electron chi connectivity index (χ1n) is 9.28. The number of thiophene rings is 1. The Hall–Kier alpha value is -1.36. The monoisotopic (exact) mass is 392 g/mol. The number of benzene rings is 1. The molecule has 26 heavy (non-hydrogen) atoms. The summed E-state index contributed by atoms with van der Waals surface area (Å²) >= 11 is 1.79. The van der Waals surface area contributed by atoms with Gasteiger partial charge in [0.15, 0.2) is 0 Å². The quantitative estimate of drug-likeness (QED) is 0.720. The zero-order chi connectivity index (χ0) is 17.5. The number of hydrogen-bond acceptors (Lipinski definition) is 3. The molecule has 1 N–H and O–H groups in total. The third-order valence-electron chi connectivity index (χ3n) is 4.94. The molecular weight excluding hydrogens is 364 g/mol. The molecule has 1 fully saturated rings. The average Bonchev–Trinajstić information content (AvgIpc) is 3.29. The van der Waals surface area contributed by atoms with Gasteiger partial charge in [-0.05, 0) is 62.9 Å². The van der Waals surface area contributed by atoms with Crippen LogP contribution in [-0.2, 0) is 17.8 Å². The Morgan fingerprint density at radius 1 is 1.23 bits per heavy atom. The Morgan fingerprint density at radius 3 is 2.69 bits per heavy atom. The van der Waals surface area contributed by atoms with Crippen molar-refractivity contribution in [2.75, 3.05) is 19.6 Å². The summed E-state index contributed by atoms with van der Waals surface area (Å²) in [4.78, 5) is 17.5. The van der Waals surface area contributed by atoms with Gasteiger partial charge in [-0.25, -0.2) is 0 Å². The van der Waals surface area contributed by atoms with Gasteiger partial charge in [0.05, 0.1) is 6.54 Å². The first-order valence-corrected chi connectivity index (χ1v) is 10.1. The third-order valence-corrected chi connectivity index (χ3v) is 5.92. The van der Waals surface area contributed by atoms with Crippen LogP contribution in [0.5, 0.6) is 0 Å². The van der Waals surface area contributed by atoms with Gasteiger partial charge >= 0.3 is 0 Å². The second kappa shape index (κ2) is 10.7. The van der Waals surface area contributed by atoms with E-state index >= 15 is 0 Å². The van der Waals surface area contributed by atoms with E-state index in [4.69, 9.17) is 0 Å². The summed E-state index contributed by atoms with van der Waals surface area (Å²) in [7, 11) is 0. The molecule has 0 radical (unpaired) electrons. The average molecular weight is 393 g/mol. The molecule has 0 aliphatic carbocycles. The van der Waals surface area contributed by atoms with Crippen molar-refractivity contribution >= 4 is 29.7 Å². The molecule has 2 heterocycles. The molecule has 1 amide bonds. The van der Waals surface area contributed by atoms with E-state index < -0.39 is 0 Å². The molecule has 2 aromatic rings. The highest BCUT2D eigenvalue weighted by Crippen LogP contribution is 2.20. The zero-order valence-electron chi connectivity index (χ0n) is 15.4. The Balaban J connectivity index is 0.00000243. The van der Waals surface area contributed by atoms with Crippen LogP contribution >= 0.6 is 23.7 Å². The first kappa shape index (κ1) is 20.9. The maximum atomic E-state index is 12.8. The van der Waals surface area contributed by atoms with Gasteiger partial charge < -0.3 is 10.2 Å². The van der Waals surface area contributed by atoms with Crippen molar-refractivity contribution in [1.82, 2.24) is 10.2 Å². The highest BCUT2D eigenvalue weighted by atomic mass is 35.5. The Morgan fingerprint density at radius 2 is 2.04 bits per heavy atom. The first-order chi connectivity index (χ1) is 12.2. The molecular formula is C21H29ClN2OS. The van der Waals surface area contributed by atoms with Crippen molar-refractivity contribution < 1.29 is 4.79 Å². The number of rotatable bonds is 8. The van der Waals surface area contributed by atoms with Gasteiger partial charge in [-0.1, -0.05) is 30.3 Å². The molecule has 142 valence electrons. The second-order valence-electron chi connectivity index (χ2n) is 6.96. The maximum absolute atomic E-state index is 12.8. The van der Waals surface area contributed by atoms with E-state index in [-0.39, 0.29) is 12.4 Å². The fourth-order valence-electron chi connectivity index (χ4n) is 3.41. The number of carbonyl (C=O) groups is 1. The van der Waals surface area contributed by atoms with Crippen LogP contribution in [0.15, 0.2) is 42.5 Å². The minimum Gasteiger partial charge on any atom is -0.337 e. The van der Waals surface area contributed by atoms with Crippen LogP contribution in [-0.4, -0.2) is 30.4 Å². The molecule has 1 unspecified atom stereocenters. The molecule has 1 saturated heterocycles. The summed E-state index contributed by atoms with van der Waals surface area (Å²) < 4.78 is 0. The minimum atomic E-state index is 0. The molecule has 1 atom stereocenters. The number of carbonyl (C=O) groups excluding carboxylic acids is 1. The van der Waals surface area contributed by atoms with E-state index in [1.54, 1.807) is 11.3 Å². The number of amides is 1. The van der Waals surface area contributed by atoms with E-state index in [2.05, 4.69) is 53.5 Å². The van der Waals surface area contributed by atoms with Crippen LogP contribution in [0, 0.1) is 12.8 Å². The normalized spacial score (nSPS) is 16.3. The van der Waals surface area contributed by atoms with Crippen molar-refractivity contribution in [2.45, 2.75) is 39.2 Å². The molecule has 3 nitrogen and oxygen atoms in total. The fraction of sp³-hybridized carbons (Fsp3) is 0.476. The van der Waals surface area contributed by atoms with Gasteiger partial charge in [0.25, 0.3) is 0 Å². The summed E-state index contributed by atoms with van der Waals surface area (Å²) in [5.74, 6) is 0.970. The molecule has 1 aromatic carbocycles. The van der Waals surface area contributed by atoms with E-state index in [1.807, 2.05) is 6.07 Å². The molecule has 5 heteroatoms. The standard InChI is InChI=1S/C21H28N2OS.ClH/c1-17-7-9-20(25-17)16-23(14-12-18-5-3-2-4-6-18)21(24)10-8-19-11-13-22-15-19;/h2-7,9,19,22H,8,10-16H2,1H3;1H. The lowest BCUT2D eigenvalue weighted by Crippen LogP contribution is -2.32. The number of nitrogens with zero attached hydrogens (tertiary/aromatic N) is 1. The summed E-state index contributed by atoms with van der Waals surface area (Å²) in [6.45, 7) is 5.83. The van der Waals surface area contributed by atoms with E-state index in [0.29, 0.717) is 18.2 Å². The molecule has 3 rings (SSSR count). The lowest BCUT2D eigenvalue weighted by molar-refractivity contribution is -0.132. The van der Waals surface area contributed by atoms with Gasteiger partial charge in [0.2, 0.25) is 5.91 Å². The number of hydrogen-bond donors (Lipinski definition) is 1. The smallest absolute Gasteiger partial charge is 0.222 e. The molecule has 1 aliphatic heterocycles. The second-order valence-corrected chi connectivity index (χ2v) is 8.33. The fourth-order valence-corrected chi connectivity index (χ4v) is 4.31. The van der Waals surface area contributed by atoms with Crippen LogP contribution in [0.3, 0.4) is 0 Å². The highest BCUT2D eigenvalue weighted by Gasteiger charge is 2.19. The van der Waals surface area contributed by atoms with Gasteiger partial charge in [0, 0.05) is 22.7 Å². The predicted octanol–water partition coefficient (Wildman–Crippen LogP) is 4.44. The van der Waals surface area contributed by atoms with Gasteiger partial charge in [-0.15, -0.1) is 23.7 Å². The molecule has 1 aromatic heterocycles. The maximum Gasteiger partial charge on any atom is 0.222 e. The summed E-state index contributed by atoms with van der Waals surface area (Å²) in [5, 5.41) is 3.39. The van der Waals surface area contributed by atoms with E-state index in [9.17, 15) is 4.79 Å². The van der Waals surface area contributed by atoms with E-state index in [1.165, 1.54) is 21.7 Å². The predicted molar refractivity (Wildman–Crippen MR) is 112 cm³/mol. The largest absolute Gasteiger partial charge is 0.337 e. The van der Waals surface area contributed by atoms with Gasteiger partial charge in [-0.3, -0.25) is 4.79 Å². The molecule has 1 aliphatic rings. The topological polar surface area (TPSA) is 32.3 Å². The summed E-state index contributed by atoms with van der Waals surface area (Å²) in [6.07, 6.45) is 3.81. The van der Waals surface area contributed by atoms with Crippen molar-refractivity contribution in [1.29, 1.82) is 0 Å².